The van der Waals surface area contributed by atoms with Crippen LogP contribution in [0.2, 0.25) is 0 Å². The Labute approximate surface area is 256 Å². The molecule has 4 N–H and O–H groups in total. The third kappa shape index (κ3) is 3.14. The normalized spacial score (nSPS) is 24.6. The molecule has 9 rings (SSSR count). The molecule has 7 heteroatoms. The van der Waals surface area contributed by atoms with Crippen LogP contribution in [-0.4, -0.2) is 43.6 Å². The highest BCUT2D eigenvalue weighted by atomic mass is 16.7. The van der Waals surface area contributed by atoms with Crippen molar-refractivity contribution in [1.82, 2.24) is 0 Å². The number of hydrogen-bond acceptors (Lipinski definition) is 7. The topological polar surface area (TPSA) is 124 Å². The molecule has 0 bridgehead atoms. The number of rotatable bonds is 2. The summed E-state index contributed by atoms with van der Waals surface area (Å²) in [7, 11) is 0. The molecule has 2 aliphatic carbocycles. The molecule has 0 spiro atoms. The predicted octanol–water partition coefficient (Wildman–Crippen LogP) is 6.41. The molecule has 0 saturated carbocycles. The number of Topliss-reactive ketones (excluding diaryl/α,β-unsaturated/α-hetero) is 2. The number of benzene rings is 6. The van der Waals surface area contributed by atoms with E-state index in [9.17, 15) is 30.0 Å². The number of phenolic OH excluding ortho intramolecular Hbond substituents is 2. The van der Waals surface area contributed by atoms with Crippen LogP contribution in [0, 0.1) is 0 Å². The minimum absolute atomic E-state index is 0.114. The maximum atomic E-state index is 14.7. The maximum absolute atomic E-state index is 14.7. The fraction of sp³-hybridized carbons (Fsp3) is 0.105. The zero-order chi connectivity index (χ0) is 30.8. The molecule has 4 atom stereocenters. The summed E-state index contributed by atoms with van der Waals surface area (Å²) in [4.78, 5) is 29.3. The first-order valence-corrected chi connectivity index (χ1v) is 14.7. The highest BCUT2D eigenvalue weighted by molar-refractivity contribution is 6.23. The van der Waals surface area contributed by atoms with Crippen molar-refractivity contribution in [2.24, 2.45) is 0 Å². The molecule has 6 aromatic rings. The Morgan fingerprint density at radius 2 is 0.889 bits per heavy atom. The molecule has 4 unspecified atom stereocenters. The van der Waals surface area contributed by atoms with Crippen LogP contribution in [0.15, 0.2) is 109 Å². The number of aliphatic hydroxyl groups is 2. The van der Waals surface area contributed by atoms with Crippen LogP contribution in [0.1, 0.15) is 43.7 Å². The Balaban J connectivity index is 1.40. The first-order valence-electron chi connectivity index (χ1n) is 14.7. The maximum Gasteiger partial charge on any atom is 0.242 e. The van der Waals surface area contributed by atoms with Crippen molar-refractivity contribution in [1.29, 1.82) is 0 Å². The summed E-state index contributed by atoms with van der Waals surface area (Å²) in [5.41, 5.74) is 2.96. The Morgan fingerprint density at radius 3 is 1.29 bits per heavy atom. The third-order valence-corrected chi connectivity index (χ3v) is 9.79. The number of ether oxygens (including phenoxy) is 1. The van der Waals surface area contributed by atoms with Gasteiger partial charge in [0.15, 0.2) is 0 Å². The van der Waals surface area contributed by atoms with E-state index in [-0.39, 0.29) is 33.8 Å². The Kier molecular flexibility index (Phi) is 5.01. The molecule has 0 aromatic heterocycles. The van der Waals surface area contributed by atoms with Gasteiger partial charge in [-0.25, -0.2) is 0 Å². The molecule has 7 nitrogen and oxygen atoms in total. The Hall–Kier alpha value is -5.34. The lowest BCUT2D eigenvalue weighted by atomic mass is 9.63. The van der Waals surface area contributed by atoms with Crippen molar-refractivity contribution in [2.45, 2.75) is 23.4 Å². The SMILES string of the molecule is O=C1c2c(-c3ccccc3)ccc3ccc(O)c(c23)C2C3c4c(O)ccc5ccc(-c6ccccc6)c(c45)C(=O)C3(O)OC12O. The largest absolute Gasteiger partial charge is 0.508 e. The molecule has 1 saturated heterocycles. The Morgan fingerprint density at radius 1 is 0.511 bits per heavy atom. The van der Waals surface area contributed by atoms with Gasteiger partial charge in [-0.3, -0.25) is 9.59 Å². The number of fused-ring (bicyclic) bond motifs is 5. The van der Waals surface area contributed by atoms with Gasteiger partial charge in [0.1, 0.15) is 11.5 Å². The van der Waals surface area contributed by atoms with Gasteiger partial charge >= 0.3 is 0 Å². The van der Waals surface area contributed by atoms with Crippen LogP contribution in [-0.2, 0) is 4.74 Å². The van der Waals surface area contributed by atoms with E-state index >= 15 is 0 Å². The van der Waals surface area contributed by atoms with Crippen molar-refractivity contribution in [3.63, 3.8) is 0 Å². The van der Waals surface area contributed by atoms with Gasteiger partial charge in [-0.2, -0.15) is 0 Å². The van der Waals surface area contributed by atoms with Crippen LogP contribution in [0.5, 0.6) is 11.5 Å². The summed E-state index contributed by atoms with van der Waals surface area (Å²) < 4.78 is 6.03. The average molecular weight is 593 g/mol. The van der Waals surface area contributed by atoms with Crippen molar-refractivity contribution in [2.75, 3.05) is 0 Å². The second-order valence-corrected chi connectivity index (χ2v) is 12.0. The number of carbonyl (C=O) groups excluding carboxylic acids is 2. The van der Waals surface area contributed by atoms with E-state index in [1.807, 2.05) is 72.8 Å². The molecule has 1 fully saturated rings. The van der Waals surface area contributed by atoms with E-state index in [4.69, 9.17) is 4.74 Å². The molecule has 218 valence electrons. The molecule has 0 radical (unpaired) electrons. The Bertz CT molecular complexity index is 2130. The van der Waals surface area contributed by atoms with Crippen molar-refractivity contribution < 1.29 is 34.8 Å². The molecular formula is C38H24O7. The molecule has 6 aromatic carbocycles. The summed E-state index contributed by atoms with van der Waals surface area (Å²) >= 11 is 0. The lowest BCUT2D eigenvalue weighted by Crippen LogP contribution is -2.49. The molecule has 1 heterocycles. The minimum Gasteiger partial charge on any atom is -0.508 e. The number of ketones is 2. The van der Waals surface area contributed by atoms with Crippen LogP contribution in [0.25, 0.3) is 43.8 Å². The average Bonchev–Trinajstić information content (AvgIpc) is 3.32. The standard InChI is InChI=1S/C38H24O7/c39-25-17-13-21-11-15-23(19-7-3-1-4-8-19)29-27(21)31(25)33-34-32-26(40)18-14-22-12-16-24(20-9-5-2-6-10-20)30(28(22)32)36(42)38(34,44)45-37(33,43)35(29)41/h1-18,33-34,39-40,43-44H. The number of hydrogen-bond donors (Lipinski definition) is 4. The fourth-order valence-corrected chi connectivity index (χ4v) is 7.96. The summed E-state index contributed by atoms with van der Waals surface area (Å²) in [5, 5.41) is 49.8. The molecule has 45 heavy (non-hydrogen) atoms. The van der Waals surface area contributed by atoms with E-state index in [0.717, 1.165) is 0 Å². The fourth-order valence-electron chi connectivity index (χ4n) is 7.96. The van der Waals surface area contributed by atoms with Crippen LogP contribution in [0.3, 0.4) is 0 Å². The second-order valence-electron chi connectivity index (χ2n) is 12.0. The van der Waals surface area contributed by atoms with Gasteiger partial charge in [0.25, 0.3) is 0 Å². The van der Waals surface area contributed by atoms with Gasteiger partial charge in [0, 0.05) is 33.0 Å². The van der Waals surface area contributed by atoms with Gasteiger partial charge < -0.3 is 25.2 Å². The number of carbonyl (C=O) groups is 2. The zero-order valence-corrected chi connectivity index (χ0v) is 23.6. The van der Waals surface area contributed by atoms with Gasteiger partial charge in [-0.1, -0.05) is 97.1 Å². The van der Waals surface area contributed by atoms with Gasteiger partial charge in [-0.05, 0) is 45.2 Å². The lowest BCUT2D eigenvalue weighted by molar-refractivity contribution is -0.246. The third-order valence-electron chi connectivity index (χ3n) is 9.79. The van der Waals surface area contributed by atoms with Crippen LogP contribution >= 0.6 is 0 Å². The molecule has 1 aliphatic heterocycles. The number of aromatic hydroxyl groups is 2. The summed E-state index contributed by atoms with van der Waals surface area (Å²) in [6, 6.07) is 31.8. The first-order chi connectivity index (χ1) is 21.7. The monoisotopic (exact) mass is 592 g/mol. The molecule has 3 aliphatic rings. The van der Waals surface area contributed by atoms with Crippen LogP contribution in [0.4, 0.5) is 0 Å². The van der Waals surface area contributed by atoms with E-state index in [2.05, 4.69) is 0 Å². The van der Waals surface area contributed by atoms with Crippen LogP contribution < -0.4 is 0 Å². The van der Waals surface area contributed by atoms with E-state index < -0.39 is 35.0 Å². The van der Waals surface area contributed by atoms with E-state index in [0.29, 0.717) is 43.8 Å². The van der Waals surface area contributed by atoms with E-state index in [1.165, 1.54) is 12.1 Å². The predicted molar refractivity (Wildman–Crippen MR) is 167 cm³/mol. The first kappa shape index (κ1) is 26.1. The highest BCUT2D eigenvalue weighted by Crippen LogP contribution is 2.66. The van der Waals surface area contributed by atoms with Crippen molar-refractivity contribution >= 4 is 33.1 Å². The summed E-state index contributed by atoms with van der Waals surface area (Å²) in [6.07, 6.45) is 0. The molecule has 0 amide bonds. The van der Waals surface area contributed by atoms with Crippen molar-refractivity contribution in [3.8, 4) is 33.8 Å². The highest BCUT2D eigenvalue weighted by Gasteiger charge is 2.73. The smallest absolute Gasteiger partial charge is 0.242 e. The van der Waals surface area contributed by atoms with Gasteiger partial charge in [-0.15, -0.1) is 0 Å². The quantitative estimate of drug-likeness (QED) is 0.183. The van der Waals surface area contributed by atoms with Crippen molar-refractivity contribution in [3.05, 3.63) is 131 Å². The second kappa shape index (κ2) is 8.64. The van der Waals surface area contributed by atoms with Gasteiger partial charge in [0.2, 0.25) is 23.1 Å². The molecular weight excluding hydrogens is 568 g/mol. The minimum atomic E-state index is -2.76. The summed E-state index contributed by atoms with van der Waals surface area (Å²) in [5.74, 6) is -10.6. The van der Waals surface area contributed by atoms with E-state index in [1.54, 1.807) is 24.3 Å². The number of phenols is 2. The van der Waals surface area contributed by atoms with Gasteiger partial charge in [0.05, 0.1) is 11.8 Å². The lowest BCUT2D eigenvalue weighted by Gasteiger charge is -2.37. The zero-order valence-electron chi connectivity index (χ0n) is 23.6. The summed E-state index contributed by atoms with van der Waals surface area (Å²) in [6.45, 7) is 0.